The molecule has 2 aliphatic rings. The fourth-order valence-electron chi connectivity index (χ4n) is 4.11. The molecule has 2 aromatic rings. The molecular formula is C20H19O2P. The molecule has 0 bridgehead atoms. The van der Waals surface area contributed by atoms with Crippen molar-refractivity contribution < 1.29 is 9.79 Å². The van der Waals surface area contributed by atoms with Crippen LogP contribution >= 0.6 is 8.38 Å². The number of hydrogen-bond acceptors (Lipinski definition) is 2. The van der Waals surface area contributed by atoms with Crippen LogP contribution in [0.25, 0.3) is 0 Å². The fourth-order valence-corrected chi connectivity index (χ4v) is 5.20. The zero-order chi connectivity index (χ0) is 15.8. The third-order valence-electron chi connectivity index (χ3n) is 5.03. The third kappa shape index (κ3) is 2.48. The smallest absolute Gasteiger partial charge is 0.173 e. The van der Waals surface area contributed by atoms with Crippen LogP contribution in [0.1, 0.15) is 28.3 Å². The molecule has 4 unspecified atom stereocenters. The summed E-state index contributed by atoms with van der Waals surface area (Å²) in [5.41, 5.74) is 3.38. The van der Waals surface area contributed by atoms with Gasteiger partial charge in [0.05, 0.1) is 5.66 Å². The SMILES string of the molecule is OP(O)C1c2ccccc2C(c2ccccc2)C2C=CC=CC21. The molecule has 23 heavy (non-hydrogen) atoms. The van der Waals surface area contributed by atoms with Crippen molar-refractivity contribution in [3.8, 4) is 0 Å². The van der Waals surface area contributed by atoms with Gasteiger partial charge in [0.1, 0.15) is 0 Å². The molecule has 0 amide bonds. The molecule has 2 nitrogen and oxygen atoms in total. The Kier molecular flexibility index (Phi) is 3.90. The molecule has 0 fully saturated rings. The van der Waals surface area contributed by atoms with E-state index in [1.54, 1.807) is 0 Å². The minimum Gasteiger partial charge on any atom is -0.350 e. The predicted molar refractivity (Wildman–Crippen MR) is 94.1 cm³/mol. The first-order valence-corrected chi connectivity index (χ1v) is 9.25. The molecule has 0 radical (unpaired) electrons. The Labute approximate surface area is 137 Å². The van der Waals surface area contributed by atoms with Crippen molar-refractivity contribution in [3.63, 3.8) is 0 Å². The Morgan fingerprint density at radius 1 is 0.696 bits per heavy atom. The molecule has 0 spiro atoms. The van der Waals surface area contributed by atoms with Gasteiger partial charge in [-0.05, 0) is 28.5 Å². The molecule has 2 N–H and O–H groups in total. The van der Waals surface area contributed by atoms with Crippen LogP contribution in [0.2, 0.25) is 0 Å². The molecule has 4 atom stereocenters. The van der Waals surface area contributed by atoms with Crippen LogP contribution in [0, 0.1) is 11.8 Å². The minimum absolute atomic E-state index is 0.126. The van der Waals surface area contributed by atoms with Crippen molar-refractivity contribution in [2.45, 2.75) is 11.6 Å². The summed E-state index contributed by atoms with van der Waals surface area (Å²) in [5, 5.41) is 0. The second kappa shape index (κ2) is 6.05. The van der Waals surface area contributed by atoms with E-state index in [1.165, 1.54) is 11.1 Å². The Hall–Kier alpha value is -1.73. The van der Waals surface area contributed by atoms with E-state index >= 15 is 0 Å². The molecule has 2 aromatic carbocycles. The van der Waals surface area contributed by atoms with Crippen LogP contribution < -0.4 is 0 Å². The molecule has 4 rings (SSSR count). The predicted octanol–water partition coefficient (Wildman–Crippen LogP) is 4.53. The van der Waals surface area contributed by atoms with Crippen LogP contribution in [0.15, 0.2) is 78.9 Å². The van der Waals surface area contributed by atoms with Gasteiger partial charge in [-0.2, -0.15) is 0 Å². The van der Waals surface area contributed by atoms with Gasteiger partial charge in [0.25, 0.3) is 0 Å². The number of allylic oxidation sites excluding steroid dienone is 4. The molecule has 2 aliphatic carbocycles. The Balaban J connectivity index is 1.93. The first-order chi connectivity index (χ1) is 11.3. The van der Waals surface area contributed by atoms with Crippen molar-refractivity contribution in [2.24, 2.45) is 11.8 Å². The van der Waals surface area contributed by atoms with Gasteiger partial charge in [-0.3, -0.25) is 0 Å². The highest BCUT2D eigenvalue weighted by Gasteiger charge is 2.44. The summed E-state index contributed by atoms with van der Waals surface area (Å²) in [7, 11) is -2.02. The highest BCUT2D eigenvalue weighted by atomic mass is 31.2. The van der Waals surface area contributed by atoms with Gasteiger partial charge in [-0.25, -0.2) is 0 Å². The minimum atomic E-state index is -2.02. The monoisotopic (exact) mass is 322 g/mol. The topological polar surface area (TPSA) is 40.5 Å². The second-order valence-corrected chi connectivity index (χ2v) is 7.40. The zero-order valence-corrected chi connectivity index (χ0v) is 13.6. The lowest BCUT2D eigenvalue weighted by Crippen LogP contribution is -2.32. The van der Waals surface area contributed by atoms with Gasteiger partial charge in [0.15, 0.2) is 8.38 Å². The quantitative estimate of drug-likeness (QED) is 0.798. The van der Waals surface area contributed by atoms with Crippen LogP contribution in [-0.4, -0.2) is 9.79 Å². The molecule has 3 heteroatoms. The van der Waals surface area contributed by atoms with E-state index in [2.05, 4.69) is 54.6 Å². The Morgan fingerprint density at radius 2 is 1.30 bits per heavy atom. The van der Waals surface area contributed by atoms with Crippen molar-refractivity contribution >= 4 is 8.38 Å². The lowest BCUT2D eigenvalue weighted by Gasteiger charge is -2.43. The summed E-state index contributed by atoms with van der Waals surface area (Å²) in [6, 6.07) is 18.8. The summed E-state index contributed by atoms with van der Waals surface area (Å²) in [6.45, 7) is 0. The first kappa shape index (κ1) is 14.8. The lowest BCUT2D eigenvalue weighted by molar-refractivity contribution is 0.353. The van der Waals surface area contributed by atoms with Gasteiger partial charge < -0.3 is 9.79 Å². The lowest BCUT2D eigenvalue weighted by atomic mass is 9.65. The Morgan fingerprint density at radius 3 is 2.00 bits per heavy atom. The van der Waals surface area contributed by atoms with Crippen LogP contribution in [-0.2, 0) is 0 Å². The molecule has 0 aliphatic heterocycles. The number of benzene rings is 2. The molecule has 0 heterocycles. The maximum atomic E-state index is 10.1. The normalized spacial score (nSPS) is 28.5. The summed E-state index contributed by atoms with van der Waals surface area (Å²) in [4.78, 5) is 20.2. The largest absolute Gasteiger partial charge is 0.350 e. The molecule has 0 saturated heterocycles. The van der Waals surface area contributed by atoms with Crippen molar-refractivity contribution in [1.29, 1.82) is 0 Å². The highest BCUT2D eigenvalue weighted by molar-refractivity contribution is 7.45. The van der Waals surface area contributed by atoms with Crippen molar-refractivity contribution in [1.82, 2.24) is 0 Å². The molecule has 116 valence electrons. The van der Waals surface area contributed by atoms with E-state index in [4.69, 9.17) is 0 Å². The van der Waals surface area contributed by atoms with E-state index in [0.717, 1.165) is 5.56 Å². The molecular weight excluding hydrogens is 303 g/mol. The van der Waals surface area contributed by atoms with Crippen LogP contribution in [0.4, 0.5) is 0 Å². The van der Waals surface area contributed by atoms with Gasteiger partial charge in [-0.15, -0.1) is 0 Å². The van der Waals surface area contributed by atoms with E-state index in [1.807, 2.05) is 24.3 Å². The summed E-state index contributed by atoms with van der Waals surface area (Å²) in [5.74, 6) is 0.637. The molecule has 0 saturated carbocycles. The number of hydrogen-bond donors (Lipinski definition) is 2. The van der Waals surface area contributed by atoms with Gasteiger partial charge in [-0.1, -0.05) is 78.9 Å². The zero-order valence-electron chi connectivity index (χ0n) is 12.7. The van der Waals surface area contributed by atoms with Gasteiger partial charge >= 0.3 is 0 Å². The first-order valence-electron chi connectivity index (χ1n) is 7.93. The van der Waals surface area contributed by atoms with Gasteiger partial charge in [0.2, 0.25) is 0 Å². The highest BCUT2D eigenvalue weighted by Crippen LogP contribution is 2.60. The third-order valence-corrected chi connectivity index (χ3v) is 6.15. The van der Waals surface area contributed by atoms with Gasteiger partial charge in [0, 0.05) is 5.92 Å². The van der Waals surface area contributed by atoms with Crippen LogP contribution in [0.5, 0.6) is 0 Å². The van der Waals surface area contributed by atoms with E-state index in [0.29, 0.717) is 0 Å². The standard InChI is InChI=1S/C20H19O2P/c21-23(22)20-17-12-6-4-10-15(17)19(14-8-2-1-3-9-14)16-11-5-7-13-18(16)20/h1-13,15,17,19-22H. The number of rotatable bonds is 2. The van der Waals surface area contributed by atoms with E-state index in [9.17, 15) is 9.79 Å². The second-order valence-electron chi connectivity index (χ2n) is 6.21. The summed E-state index contributed by atoms with van der Waals surface area (Å²) < 4.78 is 0. The van der Waals surface area contributed by atoms with E-state index in [-0.39, 0.29) is 23.4 Å². The number of fused-ring (bicyclic) bond motifs is 2. The molecule has 0 aromatic heterocycles. The maximum absolute atomic E-state index is 10.1. The van der Waals surface area contributed by atoms with Crippen molar-refractivity contribution in [3.05, 3.63) is 95.6 Å². The summed E-state index contributed by atoms with van der Waals surface area (Å²) in [6.07, 6.45) is 8.48. The Bertz CT molecular complexity index is 751. The van der Waals surface area contributed by atoms with E-state index < -0.39 is 8.38 Å². The average Bonchev–Trinajstić information content (AvgIpc) is 2.59. The fraction of sp³-hybridized carbons (Fsp3) is 0.200. The average molecular weight is 322 g/mol. The van der Waals surface area contributed by atoms with Crippen molar-refractivity contribution in [2.75, 3.05) is 0 Å². The maximum Gasteiger partial charge on any atom is 0.173 e. The summed E-state index contributed by atoms with van der Waals surface area (Å²) >= 11 is 0. The van der Waals surface area contributed by atoms with Crippen LogP contribution in [0.3, 0.4) is 0 Å².